The Morgan fingerprint density at radius 1 is 1.13 bits per heavy atom. The minimum atomic E-state index is 0.364. The van der Waals surface area contributed by atoms with Gasteiger partial charge in [-0.2, -0.15) is 0 Å². The van der Waals surface area contributed by atoms with Crippen molar-refractivity contribution in [3.8, 4) is 0 Å². The van der Waals surface area contributed by atoms with Crippen LogP contribution < -0.4 is 0 Å². The number of fused-ring (bicyclic) bond motifs is 5. The second-order valence-corrected chi connectivity index (χ2v) is 8.56. The van der Waals surface area contributed by atoms with Gasteiger partial charge in [0.15, 0.2) is 0 Å². The second kappa shape index (κ2) is 5.13. The first kappa shape index (κ1) is 15.3. The molecular formula is C22H30O. The molecule has 0 saturated heterocycles. The Bertz CT molecular complexity index is 622. The van der Waals surface area contributed by atoms with Crippen LogP contribution in [0.1, 0.15) is 52.4 Å². The summed E-state index contributed by atoms with van der Waals surface area (Å²) in [6.07, 6.45) is 17.1. The summed E-state index contributed by atoms with van der Waals surface area (Å²) in [5, 5.41) is 0. The van der Waals surface area contributed by atoms with Crippen molar-refractivity contribution < 1.29 is 4.74 Å². The Morgan fingerprint density at radius 2 is 1.96 bits per heavy atom. The van der Waals surface area contributed by atoms with Crippen LogP contribution in [0, 0.1) is 28.6 Å². The fourth-order valence-electron chi connectivity index (χ4n) is 6.38. The number of methoxy groups -OCH3 is 1. The summed E-state index contributed by atoms with van der Waals surface area (Å²) in [6, 6.07) is 0. The lowest BCUT2D eigenvalue weighted by molar-refractivity contribution is -0.0104. The third kappa shape index (κ3) is 1.98. The van der Waals surface area contributed by atoms with Crippen LogP contribution in [0.15, 0.2) is 47.8 Å². The van der Waals surface area contributed by atoms with Crippen LogP contribution in [0.5, 0.6) is 0 Å². The highest BCUT2D eigenvalue weighted by Gasteiger charge is 2.55. The van der Waals surface area contributed by atoms with Gasteiger partial charge in [0.25, 0.3) is 0 Å². The van der Waals surface area contributed by atoms with Crippen molar-refractivity contribution in [1.82, 2.24) is 0 Å². The normalized spacial score (nSPS) is 45.0. The first-order valence-electron chi connectivity index (χ1n) is 9.31. The zero-order chi connectivity index (χ0) is 16.2. The average Bonchev–Trinajstić information content (AvgIpc) is 2.90. The molecule has 4 aliphatic carbocycles. The van der Waals surface area contributed by atoms with Gasteiger partial charge >= 0.3 is 0 Å². The lowest BCUT2D eigenvalue weighted by atomic mass is 9.48. The Hall–Kier alpha value is -1.24. The molecule has 124 valence electrons. The van der Waals surface area contributed by atoms with E-state index >= 15 is 0 Å². The van der Waals surface area contributed by atoms with E-state index in [0.717, 1.165) is 24.2 Å². The van der Waals surface area contributed by atoms with Crippen LogP contribution in [0.2, 0.25) is 0 Å². The van der Waals surface area contributed by atoms with Crippen molar-refractivity contribution in [2.24, 2.45) is 28.6 Å². The van der Waals surface area contributed by atoms with Crippen molar-refractivity contribution >= 4 is 0 Å². The lowest BCUT2D eigenvalue weighted by Gasteiger charge is -2.56. The Labute approximate surface area is 141 Å². The van der Waals surface area contributed by atoms with Gasteiger partial charge in [-0.15, -0.1) is 0 Å². The van der Waals surface area contributed by atoms with E-state index in [9.17, 15) is 0 Å². The predicted molar refractivity (Wildman–Crippen MR) is 95.8 cm³/mol. The molecule has 0 N–H and O–H groups in total. The van der Waals surface area contributed by atoms with Gasteiger partial charge in [-0.25, -0.2) is 0 Å². The van der Waals surface area contributed by atoms with Crippen LogP contribution in [0.4, 0.5) is 0 Å². The van der Waals surface area contributed by atoms with Gasteiger partial charge in [-0.3, -0.25) is 0 Å². The van der Waals surface area contributed by atoms with E-state index in [1.807, 2.05) is 7.11 Å². The van der Waals surface area contributed by atoms with Crippen LogP contribution in [-0.2, 0) is 4.74 Å². The smallest absolute Gasteiger partial charge is 0.0958 e. The molecule has 4 aliphatic rings. The highest BCUT2D eigenvalue weighted by Crippen LogP contribution is 2.64. The van der Waals surface area contributed by atoms with Crippen molar-refractivity contribution in [3.05, 3.63) is 47.8 Å². The van der Waals surface area contributed by atoms with E-state index in [-0.39, 0.29) is 0 Å². The van der Waals surface area contributed by atoms with E-state index < -0.39 is 0 Å². The maximum absolute atomic E-state index is 5.54. The first-order valence-corrected chi connectivity index (χ1v) is 9.31. The molecule has 0 aromatic rings. The molecule has 0 radical (unpaired) electrons. The zero-order valence-electron chi connectivity index (χ0n) is 14.9. The van der Waals surface area contributed by atoms with Crippen molar-refractivity contribution in [1.29, 1.82) is 0 Å². The summed E-state index contributed by atoms with van der Waals surface area (Å²) >= 11 is 0. The molecule has 0 amide bonds. The zero-order valence-corrected chi connectivity index (χ0v) is 14.9. The molecular weight excluding hydrogens is 280 g/mol. The van der Waals surface area contributed by atoms with E-state index in [1.165, 1.54) is 43.4 Å². The quantitative estimate of drug-likeness (QED) is 0.625. The van der Waals surface area contributed by atoms with Gasteiger partial charge in [0.05, 0.1) is 12.9 Å². The molecule has 5 unspecified atom stereocenters. The third-order valence-corrected chi connectivity index (χ3v) is 7.85. The molecule has 1 heteroatoms. The minimum Gasteiger partial charge on any atom is -0.501 e. The molecule has 1 nitrogen and oxygen atoms in total. The van der Waals surface area contributed by atoms with Gasteiger partial charge in [0.2, 0.25) is 0 Å². The number of rotatable bonds is 2. The van der Waals surface area contributed by atoms with Gasteiger partial charge < -0.3 is 4.74 Å². The standard InChI is InChI=1S/C22H30O/c1-5-15-7-9-19-18-8-6-16-14-17(23-4)10-12-22(16,3)20(18)11-13-21(15,19)2/h5-7,14,18-20H,1,8-13H2,2-4H3. The summed E-state index contributed by atoms with van der Waals surface area (Å²) in [5.74, 6) is 3.67. The molecule has 0 aromatic heterocycles. The maximum Gasteiger partial charge on any atom is 0.0958 e. The number of hydrogen-bond donors (Lipinski definition) is 0. The average molecular weight is 310 g/mol. The van der Waals surface area contributed by atoms with Crippen LogP contribution in [0.25, 0.3) is 0 Å². The summed E-state index contributed by atoms with van der Waals surface area (Å²) in [6.45, 7) is 9.10. The molecule has 0 aliphatic heterocycles. The number of allylic oxidation sites excluding steroid dienone is 7. The van der Waals surface area contributed by atoms with Crippen molar-refractivity contribution in [3.63, 3.8) is 0 Å². The third-order valence-electron chi connectivity index (χ3n) is 7.85. The number of hydrogen-bond acceptors (Lipinski definition) is 1. The van der Waals surface area contributed by atoms with Crippen LogP contribution >= 0.6 is 0 Å². The van der Waals surface area contributed by atoms with Crippen LogP contribution in [0.3, 0.4) is 0 Å². The van der Waals surface area contributed by atoms with E-state index in [4.69, 9.17) is 4.74 Å². The Balaban J connectivity index is 1.69. The summed E-state index contributed by atoms with van der Waals surface area (Å²) < 4.78 is 5.54. The first-order chi connectivity index (χ1) is 11.0. The highest BCUT2D eigenvalue weighted by atomic mass is 16.5. The largest absolute Gasteiger partial charge is 0.501 e. The molecule has 5 atom stereocenters. The molecule has 1 saturated carbocycles. The molecule has 23 heavy (non-hydrogen) atoms. The van der Waals surface area contributed by atoms with Gasteiger partial charge in [-0.1, -0.05) is 38.7 Å². The monoisotopic (exact) mass is 310 g/mol. The fourth-order valence-corrected chi connectivity index (χ4v) is 6.38. The van der Waals surface area contributed by atoms with Crippen LogP contribution in [-0.4, -0.2) is 7.11 Å². The Kier molecular flexibility index (Phi) is 3.41. The summed E-state index contributed by atoms with van der Waals surface area (Å²) in [5.41, 5.74) is 3.82. The molecule has 0 bridgehead atoms. The number of ether oxygens (including phenoxy) is 1. The van der Waals surface area contributed by atoms with Crippen molar-refractivity contribution in [2.75, 3.05) is 7.11 Å². The second-order valence-electron chi connectivity index (χ2n) is 8.56. The van der Waals surface area contributed by atoms with E-state index in [2.05, 4.69) is 44.7 Å². The van der Waals surface area contributed by atoms with Gasteiger partial charge in [-0.05, 0) is 77.9 Å². The summed E-state index contributed by atoms with van der Waals surface area (Å²) in [4.78, 5) is 0. The maximum atomic E-state index is 5.54. The van der Waals surface area contributed by atoms with Crippen molar-refractivity contribution in [2.45, 2.75) is 52.4 Å². The SMILES string of the molecule is C=CC1=CCC2C3CC=C4C=C(OC)CCC4(C)C3CCC12C. The fraction of sp³-hybridized carbons (Fsp3) is 0.636. The topological polar surface area (TPSA) is 9.23 Å². The highest BCUT2D eigenvalue weighted by molar-refractivity contribution is 5.38. The Morgan fingerprint density at radius 3 is 2.70 bits per heavy atom. The molecule has 0 aromatic carbocycles. The minimum absolute atomic E-state index is 0.364. The van der Waals surface area contributed by atoms with E-state index in [0.29, 0.717) is 10.8 Å². The van der Waals surface area contributed by atoms with E-state index in [1.54, 1.807) is 5.57 Å². The predicted octanol–water partition coefficient (Wildman–Crippen LogP) is 5.81. The molecule has 0 heterocycles. The van der Waals surface area contributed by atoms with Gasteiger partial charge in [0, 0.05) is 6.42 Å². The molecule has 1 fully saturated rings. The summed E-state index contributed by atoms with van der Waals surface area (Å²) in [7, 11) is 1.81. The molecule has 4 rings (SSSR count). The molecule has 0 spiro atoms. The van der Waals surface area contributed by atoms with Gasteiger partial charge in [0.1, 0.15) is 0 Å². The lowest BCUT2D eigenvalue weighted by Crippen LogP contribution is -2.48.